The van der Waals surface area contributed by atoms with Crippen LogP contribution in [0.5, 0.6) is 0 Å². The van der Waals surface area contributed by atoms with Gasteiger partial charge in [-0.25, -0.2) is 0 Å². The van der Waals surface area contributed by atoms with Gasteiger partial charge in [-0.1, -0.05) is 12.0 Å². The molecular formula is C11H14O3. The monoisotopic (exact) mass is 194 g/mol. The molecule has 0 aromatic rings. The van der Waals surface area contributed by atoms with Crippen molar-refractivity contribution in [3.63, 3.8) is 0 Å². The lowest BCUT2D eigenvalue weighted by Crippen LogP contribution is -2.06. The van der Waals surface area contributed by atoms with Crippen LogP contribution in [0.15, 0.2) is 11.1 Å². The van der Waals surface area contributed by atoms with Gasteiger partial charge in [-0.05, 0) is 25.2 Å². The van der Waals surface area contributed by atoms with Gasteiger partial charge in [0.1, 0.15) is 0 Å². The van der Waals surface area contributed by atoms with Gasteiger partial charge in [0.25, 0.3) is 0 Å². The highest BCUT2D eigenvalue weighted by atomic mass is 16.4. The number of Topliss-reactive ketones (excluding diaryl/α,β-unsaturated/α-hetero) is 1. The first-order chi connectivity index (χ1) is 6.68. The number of carbonyl (C=O) groups excluding carboxylic acids is 1. The van der Waals surface area contributed by atoms with E-state index in [-0.39, 0.29) is 12.2 Å². The zero-order valence-corrected chi connectivity index (χ0v) is 8.08. The van der Waals surface area contributed by atoms with Crippen LogP contribution in [-0.2, 0) is 9.59 Å². The van der Waals surface area contributed by atoms with E-state index < -0.39 is 5.97 Å². The Kier molecular flexibility index (Phi) is 2.40. The van der Waals surface area contributed by atoms with Crippen molar-refractivity contribution >= 4 is 11.8 Å². The predicted molar refractivity (Wildman–Crippen MR) is 50.9 cm³/mol. The van der Waals surface area contributed by atoms with Crippen molar-refractivity contribution < 1.29 is 14.7 Å². The molecule has 1 N–H and O–H groups in total. The molecule has 0 aromatic heterocycles. The van der Waals surface area contributed by atoms with E-state index in [9.17, 15) is 9.59 Å². The number of aliphatic carboxylic acids is 1. The highest BCUT2D eigenvalue weighted by Gasteiger charge is 2.33. The molecule has 0 heterocycles. The van der Waals surface area contributed by atoms with Crippen LogP contribution in [0.1, 0.15) is 38.5 Å². The van der Waals surface area contributed by atoms with Gasteiger partial charge >= 0.3 is 5.97 Å². The summed E-state index contributed by atoms with van der Waals surface area (Å²) in [6.07, 6.45) is 4.82. The van der Waals surface area contributed by atoms with Gasteiger partial charge in [0.2, 0.25) is 0 Å². The Morgan fingerprint density at radius 2 is 2.21 bits per heavy atom. The average Bonchev–Trinajstić information content (AvgIpc) is 2.43. The fourth-order valence-electron chi connectivity index (χ4n) is 2.60. The topological polar surface area (TPSA) is 54.4 Å². The molecule has 2 aliphatic rings. The minimum Gasteiger partial charge on any atom is -0.481 e. The molecule has 0 aromatic carbocycles. The molecule has 1 fully saturated rings. The van der Waals surface area contributed by atoms with E-state index in [4.69, 9.17) is 5.11 Å². The molecule has 1 saturated carbocycles. The minimum absolute atomic E-state index is 0.0648. The molecule has 0 spiro atoms. The molecule has 2 aliphatic carbocycles. The lowest BCUT2D eigenvalue weighted by atomic mass is 9.85. The van der Waals surface area contributed by atoms with Crippen molar-refractivity contribution in [3.05, 3.63) is 11.1 Å². The van der Waals surface area contributed by atoms with Gasteiger partial charge in [-0.3, -0.25) is 9.59 Å². The molecule has 1 atom stereocenters. The van der Waals surface area contributed by atoms with E-state index >= 15 is 0 Å². The van der Waals surface area contributed by atoms with Crippen molar-refractivity contribution in [2.75, 3.05) is 0 Å². The van der Waals surface area contributed by atoms with Gasteiger partial charge in [0.05, 0.1) is 6.42 Å². The second-order valence-electron chi connectivity index (χ2n) is 4.14. The van der Waals surface area contributed by atoms with Crippen LogP contribution in [-0.4, -0.2) is 16.9 Å². The van der Waals surface area contributed by atoms with Crippen molar-refractivity contribution in [3.8, 4) is 0 Å². The average molecular weight is 194 g/mol. The lowest BCUT2D eigenvalue weighted by Gasteiger charge is -2.20. The van der Waals surface area contributed by atoms with Crippen LogP contribution in [0.25, 0.3) is 0 Å². The fraction of sp³-hybridized carbons (Fsp3) is 0.636. The number of hydrogen-bond acceptors (Lipinski definition) is 2. The first kappa shape index (κ1) is 9.44. The summed E-state index contributed by atoms with van der Waals surface area (Å²) >= 11 is 0. The molecule has 0 amide bonds. The number of carboxylic acids is 1. The summed E-state index contributed by atoms with van der Waals surface area (Å²) in [5.74, 6) is -0.424. The standard InChI is InChI=1S/C11H14O3/c12-10-5-7-3-1-2-4-8(7)9(10)6-11(13)14/h7H,1-6H2,(H,13,14). The molecule has 76 valence electrons. The number of carbonyl (C=O) groups is 2. The molecule has 0 radical (unpaired) electrons. The van der Waals surface area contributed by atoms with Crippen LogP contribution in [0.3, 0.4) is 0 Å². The second-order valence-corrected chi connectivity index (χ2v) is 4.14. The first-order valence-corrected chi connectivity index (χ1v) is 5.15. The number of carboxylic acid groups (broad SMARTS) is 1. The molecule has 0 aliphatic heterocycles. The highest BCUT2D eigenvalue weighted by Crippen LogP contribution is 2.40. The number of ketones is 1. The van der Waals surface area contributed by atoms with E-state index in [2.05, 4.69) is 0 Å². The third-order valence-corrected chi connectivity index (χ3v) is 3.23. The molecule has 3 heteroatoms. The van der Waals surface area contributed by atoms with Crippen LogP contribution >= 0.6 is 0 Å². The van der Waals surface area contributed by atoms with E-state index in [0.29, 0.717) is 17.9 Å². The van der Waals surface area contributed by atoms with E-state index in [1.54, 1.807) is 0 Å². The van der Waals surface area contributed by atoms with Crippen LogP contribution in [0.4, 0.5) is 0 Å². The summed E-state index contributed by atoms with van der Waals surface area (Å²) in [5, 5.41) is 8.70. The fourth-order valence-corrected chi connectivity index (χ4v) is 2.60. The Bertz CT molecular complexity index is 314. The third kappa shape index (κ3) is 1.59. The van der Waals surface area contributed by atoms with Crippen molar-refractivity contribution in [1.82, 2.24) is 0 Å². The predicted octanol–water partition coefficient (Wildman–Crippen LogP) is 1.92. The lowest BCUT2D eigenvalue weighted by molar-refractivity contribution is -0.136. The van der Waals surface area contributed by atoms with Gasteiger partial charge in [0.15, 0.2) is 5.78 Å². The Morgan fingerprint density at radius 1 is 1.43 bits per heavy atom. The molecule has 0 bridgehead atoms. The molecule has 0 saturated heterocycles. The summed E-state index contributed by atoms with van der Waals surface area (Å²) < 4.78 is 0. The maximum atomic E-state index is 11.6. The minimum atomic E-state index is -0.882. The Morgan fingerprint density at radius 3 is 2.93 bits per heavy atom. The molecule has 3 nitrogen and oxygen atoms in total. The van der Waals surface area contributed by atoms with E-state index in [0.717, 1.165) is 24.8 Å². The SMILES string of the molecule is O=C(O)CC1=C2CCCCC2CC1=O. The summed E-state index contributed by atoms with van der Waals surface area (Å²) in [7, 11) is 0. The molecule has 14 heavy (non-hydrogen) atoms. The summed E-state index contributed by atoms with van der Waals surface area (Å²) in [6, 6.07) is 0. The Hall–Kier alpha value is -1.12. The van der Waals surface area contributed by atoms with Crippen molar-refractivity contribution in [1.29, 1.82) is 0 Å². The van der Waals surface area contributed by atoms with E-state index in [1.165, 1.54) is 6.42 Å². The maximum absolute atomic E-state index is 11.6. The maximum Gasteiger partial charge on any atom is 0.307 e. The molecule has 1 unspecified atom stereocenters. The molecule has 2 rings (SSSR count). The quantitative estimate of drug-likeness (QED) is 0.730. The number of rotatable bonds is 2. The normalized spacial score (nSPS) is 26.6. The van der Waals surface area contributed by atoms with Crippen LogP contribution in [0.2, 0.25) is 0 Å². The highest BCUT2D eigenvalue weighted by molar-refractivity contribution is 6.02. The third-order valence-electron chi connectivity index (χ3n) is 3.23. The van der Waals surface area contributed by atoms with Crippen LogP contribution < -0.4 is 0 Å². The Labute approximate surface area is 82.8 Å². The number of hydrogen-bond donors (Lipinski definition) is 1. The van der Waals surface area contributed by atoms with Crippen LogP contribution in [0, 0.1) is 5.92 Å². The van der Waals surface area contributed by atoms with Gasteiger partial charge in [-0.15, -0.1) is 0 Å². The smallest absolute Gasteiger partial charge is 0.307 e. The Balaban J connectivity index is 2.24. The summed E-state index contributed by atoms with van der Waals surface area (Å²) in [4.78, 5) is 22.1. The van der Waals surface area contributed by atoms with Gasteiger partial charge in [-0.2, -0.15) is 0 Å². The van der Waals surface area contributed by atoms with Crippen molar-refractivity contribution in [2.45, 2.75) is 38.5 Å². The van der Waals surface area contributed by atoms with E-state index in [1.807, 2.05) is 0 Å². The second kappa shape index (κ2) is 3.56. The number of allylic oxidation sites excluding steroid dienone is 1. The van der Waals surface area contributed by atoms with Gasteiger partial charge in [0, 0.05) is 12.0 Å². The zero-order valence-electron chi connectivity index (χ0n) is 8.08. The first-order valence-electron chi connectivity index (χ1n) is 5.15. The zero-order chi connectivity index (χ0) is 10.1. The number of fused-ring (bicyclic) bond motifs is 1. The molecular weight excluding hydrogens is 180 g/mol. The van der Waals surface area contributed by atoms with Gasteiger partial charge < -0.3 is 5.11 Å². The largest absolute Gasteiger partial charge is 0.481 e. The van der Waals surface area contributed by atoms with Crippen molar-refractivity contribution in [2.24, 2.45) is 5.92 Å². The summed E-state index contributed by atoms with van der Waals surface area (Å²) in [6.45, 7) is 0. The summed E-state index contributed by atoms with van der Waals surface area (Å²) in [5.41, 5.74) is 1.77.